The second-order valence-corrected chi connectivity index (χ2v) is 3.42. The number of anilines is 1. The van der Waals surface area contributed by atoms with Gasteiger partial charge in [-0.15, -0.1) is 0 Å². The standard InChI is InChI=1S/C12H13N3/c1-2-9-5-3-4-6-10(9)15-11(13)7-8-12(15)14/h3-8,13-14H,2H2,1H3. The fourth-order valence-electron chi connectivity index (χ4n) is 1.72. The molecular weight excluding hydrogens is 186 g/mol. The fourth-order valence-corrected chi connectivity index (χ4v) is 1.72. The van der Waals surface area contributed by atoms with Gasteiger partial charge in [0.15, 0.2) is 0 Å². The molecule has 0 radical (unpaired) electrons. The summed E-state index contributed by atoms with van der Waals surface area (Å²) in [4.78, 5) is 1.65. The van der Waals surface area contributed by atoms with Crippen LogP contribution in [-0.2, 0) is 6.42 Å². The summed E-state index contributed by atoms with van der Waals surface area (Å²) in [5, 5.41) is 15.5. The molecule has 1 aromatic carbocycles. The molecule has 0 atom stereocenters. The summed E-state index contributed by atoms with van der Waals surface area (Å²) in [6.07, 6.45) is 4.21. The van der Waals surface area contributed by atoms with Gasteiger partial charge in [0.2, 0.25) is 0 Å². The third-order valence-electron chi connectivity index (χ3n) is 2.49. The molecule has 2 N–H and O–H groups in total. The van der Waals surface area contributed by atoms with Crippen molar-refractivity contribution in [3.8, 4) is 0 Å². The van der Waals surface area contributed by atoms with E-state index in [4.69, 9.17) is 10.8 Å². The zero-order valence-electron chi connectivity index (χ0n) is 8.62. The van der Waals surface area contributed by atoms with Crippen molar-refractivity contribution >= 4 is 17.4 Å². The molecule has 0 saturated carbocycles. The molecule has 1 aliphatic heterocycles. The summed E-state index contributed by atoms with van der Waals surface area (Å²) in [5.74, 6) is 0.724. The highest BCUT2D eigenvalue weighted by atomic mass is 15.2. The smallest absolute Gasteiger partial charge is 0.131 e. The number of nitrogens with one attached hydrogen (secondary N) is 2. The van der Waals surface area contributed by atoms with Crippen LogP contribution < -0.4 is 4.90 Å². The van der Waals surface area contributed by atoms with E-state index in [-0.39, 0.29) is 0 Å². The first-order valence-electron chi connectivity index (χ1n) is 4.97. The van der Waals surface area contributed by atoms with Gasteiger partial charge in [0.25, 0.3) is 0 Å². The molecule has 1 heterocycles. The lowest BCUT2D eigenvalue weighted by Crippen LogP contribution is -2.29. The van der Waals surface area contributed by atoms with Crippen LogP contribution in [0.2, 0.25) is 0 Å². The lowest BCUT2D eigenvalue weighted by Gasteiger charge is -2.20. The molecule has 3 nitrogen and oxygen atoms in total. The Bertz CT molecular complexity index is 428. The zero-order valence-corrected chi connectivity index (χ0v) is 8.62. The van der Waals surface area contributed by atoms with E-state index in [9.17, 15) is 0 Å². The van der Waals surface area contributed by atoms with Crippen LogP contribution in [0.15, 0.2) is 36.4 Å². The van der Waals surface area contributed by atoms with E-state index in [1.54, 1.807) is 17.1 Å². The number of rotatable bonds is 2. The van der Waals surface area contributed by atoms with Crippen LogP contribution in [0.3, 0.4) is 0 Å². The molecule has 0 amide bonds. The monoisotopic (exact) mass is 199 g/mol. The van der Waals surface area contributed by atoms with Gasteiger partial charge in [-0.25, -0.2) is 0 Å². The summed E-state index contributed by atoms with van der Waals surface area (Å²) < 4.78 is 0. The highest BCUT2D eigenvalue weighted by molar-refractivity contribution is 6.30. The van der Waals surface area contributed by atoms with Gasteiger partial charge in [-0.1, -0.05) is 25.1 Å². The molecule has 1 aromatic rings. The molecule has 0 unspecified atom stereocenters. The van der Waals surface area contributed by atoms with Gasteiger partial charge in [-0.05, 0) is 30.2 Å². The van der Waals surface area contributed by atoms with Crippen LogP contribution in [0.25, 0.3) is 0 Å². The summed E-state index contributed by atoms with van der Waals surface area (Å²) >= 11 is 0. The Balaban J connectivity index is 2.45. The molecular formula is C12H13N3. The maximum absolute atomic E-state index is 7.74. The van der Waals surface area contributed by atoms with Gasteiger partial charge in [0.1, 0.15) is 11.7 Å². The third kappa shape index (κ3) is 1.56. The summed E-state index contributed by atoms with van der Waals surface area (Å²) in [6, 6.07) is 7.91. The quantitative estimate of drug-likeness (QED) is 0.755. The van der Waals surface area contributed by atoms with E-state index in [2.05, 4.69) is 6.92 Å². The first-order chi connectivity index (χ1) is 7.24. The molecule has 3 heteroatoms. The molecule has 15 heavy (non-hydrogen) atoms. The minimum absolute atomic E-state index is 0.362. The second-order valence-electron chi connectivity index (χ2n) is 3.42. The van der Waals surface area contributed by atoms with Crippen LogP contribution >= 0.6 is 0 Å². The van der Waals surface area contributed by atoms with E-state index < -0.39 is 0 Å². The van der Waals surface area contributed by atoms with Gasteiger partial charge in [0, 0.05) is 0 Å². The van der Waals surface area contributed by atoms with Crippen molar-refractivity contribution in [1.29, 1.82) is 10.8 Å². The SMILES string of the molecule is CCc1ccccc1N1C(=N)C=CC1=N. The highest BCUT2D eigenvalue weighted by Gasteiger charge is 2.20. The zero-order chi connectivity index (χ0) is 10.8. The van der Waals surface area contributed by atoms with Gasteiger partial charge in [-0.2, -0.15) is 0 Å². The van der Waals surface area contributed by atoms with Crippen molar-refractivity contribution in [3.05, 3.63) is 42.0 Å². The van der Waals surface area contributed by atoms with Crippen molar-refractivity contribution in [3.63, 3.8) is 0 Å². The third-order valence-corrected chi connectivity index (χ3v) is 2.49. The number of nitrogens with zero attached hydrogens (tertiary/aromatic N) is 1. The van der Waals surface area contributed by atoms with Crippen LogP contribution in [0.4, 0.5) is 5.69 Å². The minimum Gasteiger partial charge on any atom is -0.284 e. The Hall–Kier alpha value is -1.90. The van der Waals surface area contributed by atoms with E-state index in [0.717, 1.165) is 17.7 Å². The molecule has 0 aliphatic carbocycles. The largest absolute Gasteiger partial charge is 0.284 e. The van der Waals surface area contributed by atoms with Crippen LogP contribution in [0, 0.1) is 10.8 Å². The lowest BCUT2D eigenvalue weighted by molar-refractivity contribution is 1.13. The van der Waals surface area contributed by atoms with Gasteiger partial charge in [-0.3, -0.25) is 15.7 Å². The van der Waals surface area contributed by atoms with Gasteiger partial charge < -0.3 is 0 Å². The predicted molar refractivity (Wildman–Crippen MR) is 62.9 cm³/mol. The van der Waals surface area contributed by atoms with E-state index in [1.165, 1.54) is 0 Å². The fraction of sp³-hybridized carbons (Fsp3) is 0.167. The first kappa shape index (κ1) is 9.65. The highest BCUT2D eigenvalue weighted by Crippen LogP contribution is 2.24. The van der Waals surface area contributed by atoms with Gasteiger partial charge >= 0.3 is 0 Å². The summed E-state index contributed by atoms with van der Waals surface area (Å²) in [6.45, 7) is 2.08. The maximum atomic E-state index is 7.74. The first-order valence-corrected chi connectivity index (χ1v) is 4.97. The molecule has 0 spiro atoms. The summed E-state index contributed by atoms with van der Waals surface area (Å²) in [7, 11) is 0. The Morgan fingerprint density at radius 1 is 1.07 bits per heavy atom. The normalized spacial score (nSPS) is 15.1. The molecule has 0 saturated heterocycles. The van der Waals surface area contributed by atoms with Crippen molar-refractivity contribution in [2.75, 3.05) is 4.90 Å². The molecule has 2 rings (SSSR count). The van der Waals surface area contributed by atoms with E-state index in [0.29, 0.717) is 11.7 Å². The van der Waals surface area contributed by atoms with E-state index >= 15 is 0 Å². The molecule has 0 aromatic heterocycles. The van der Waals surface area contributed by atoms with E-state index in [1.807, 2.05) is 24.3 Å². The number of aryl methyl sites for hydroxylation is 1. The van der Waals surface area contributed by atoms with Crippen LogP contribution in [-0.4, -0.2) is 11.7 Å². The predicted octanol–water partition coefficient (Wildman–Crippen LogP) is 2.58. The minimum atomic E-state index is 0.362. The number of hydrogen-bond donors (Lipinski definition) is 2. The average molecular weight is 199 g/mol. The number of hydrogen-bond acceptors (Lipinski definition) is 2. The number of amidine groups is 2. The Labute approximate surface area is 89.1 Å². The molecule has 76 valence electrons. The summed E-state index contributed by atoms with van der Waals surface area (Å²) in [5.41, 5.74) is 2.11. The van der Waals surface area contributed by atoms with Crippen molar-refractivity contribution in [2.24, 2.45) is 0 Å². The van der Waals surface area contributed by atoms with Crippen LogP contribution in [0.5, 0.6) is 0 Å². The molecule has 0 fully saturated rings. The average Bonchev–Trinajstić information content (AvgIpc) is 2.59. The van der Waals surface area contributed by atoms with Crippen molar-refractivity contribution in [1.82, 2.24) is 0 Å². The van der Waals surface area contributed by atoms with Crippen molar-refractivity contribution in [2.45, 2.75) is 13.3 Å². The number of benzene rings is 1. The molecule has 0 bridgehead atoms. The second kappa shape index (κ2) is 3.69. The maximum Gasteiger partial charge on any atom is 0.131 e. The Kier molecular flexibility index (Phi) is 2.37. The van der Waals surface area contributed by atoms with Gasteiger partial charge in [0.05, 0.1) is 5.69 Å². The van der Waals surface area contributed by atoms with Crippen molar-refractivity contribution < 1.29 is 0 Å². The van der Waals surface area contributed by atoms with Crippen LogP contribution in [0.1, 0.15) is 12.5 Å². The number of para-hydroxylation sites is 1. The topological polar surface area (TPSA) is 50.9 Å². The Morgan fingerprint density at radius 3 is 2.27 bits per heavy atom. The molecule has 1 aliphatic rings. The lowest BCUT2D eigenvalue weighted by atomic mass is 10.1. The Morgan fingerprint density at radius 2 is 1.67 bits per heavy atom.